The van der Waals surface area contributed by atoms with E-state index in [2.05, 4.69) is 0 Å². The van der Waals surface area contributed by atoms with E-state index < -0.39 is 15.6 Å². The summed E-state index contributed by atoms with van der Waals surface area (Å²) in [7, 11) is -3.52. The van der Waals surface area contributed by atoms with Crippen molar-refractivity contribution in [2.45, 2.75) is 37.7 Å². The number of rotatable bonds is 5. The van der Waals surface area contributed by atoms with E-state index in [1.54, 1.807) is 18.2 Å². The molecule has 1 N–H and O–H groups in total. The summed E-state index contributed by atoms with van der Waals surface area (Å²) in [6, 6.07) is 4.85. The summed E-state index contributed by atoms with van der Waals surface area (Å²) in [5.41, 5.74) is -0.0768. The third-order valence-corrected chi connectivity index (χ3v) is 5.47. The van der Waals surface area contributed by atoms with Crippen LogP contribution in [0.3, 0.4) is 0 Å². The Kier molecular flexibility index (Phi) is 4.09. The van der Waals surface area contributed by atoms with Crippen LogP contribution in [0.2, 0.25) is 0 Å². The van der Waals surface area contributed by atoms with Crippen molar-refractivity contribution < 1.29 is 18.3 Å². The van der Waals surface area contributed by atoms with Gasteiger partial charge in [0.1, 0.15) is 5.75 Å². The Morgan fingerprint density at radius 1 is 1.35 bits per heavy atom. The molecule has 6 heteroatoms. The molecule has 0 unspecified atom stereocenters. The van der Waals surface area contributed by atoms with Crippen molar-refractivity contribution in [3.8, 4) is 5.75 Å². The van der Waals surface area contributed by atoms with Gasteiger partial charge in [0.2, 0.25) is 10.0 Å². The topological polar surface area (TPSA) is 66.8 Å². The van der Waals surface area contributed by atoms with Crippen LogP contribution in [0.1, 0.15) is 25.8 Å². The van der Waals surface area contributed by atoms with Gasteiger partial charge in [-0.1, -0.05) is 6.92 Å². The molecule has 0 radical (unpaired) electrons. The van der Waals surface area contributed by atoms with Gasteiger partial charge >= 0.3 is 0 Å². The molecule has 1 heterocycles. The second-order valence-corrected chi connectivity index (χ2v) is 7.15. The second-order valence-electron chi connectivity index (χ2n) is 5.21. The Morgan fingerprint density at radius 2 is 2.00 bits per heavy atom. The number of ether oxygens (including phenoxy) is 1. The van der Waals surface area contributed by atoms with E-state index in [4.69, 9.17) is 4.74 Å². The highest BCUT2D eigenvalue weighted by Gasteiger charge is 2.45. The Labute approximate surface area is 120 Å². The first kappa shape index (κ1) is 15.3. The molecule has 0 spiro atoms. The highest BCUT2D eigenvalue weighted by molar-refractivity contribution is 7.89. The molecule has 0 aromatic heterocycles. The summed E-state index contributed by atoms with van der Waals surface area (Å²) in [5, 5.41) is 9.94. The van der Waals surface area contributed by atoms with Crippen LogP contribution in [-0.2, 0) is 10.0 Å². The van der Waals surface area contributed by atoms with Crippen LogP contribution in [0.15, 0.2) is 23.1 Å². The number of nitrogens with zero attached hydrogens (tertiary/aromatic N) is 1. The largest absolute Gasteiger partial charge is 0.494 e. The SMILES string of the molecule is CCOc1ccc(S(=O)(=O)N2CC(O)(CC)C2)cc1C. The minimum absolute atomic E-state index is 0.165. The first-order valence-corrected chi connectivity index (χ1v) is 8.22. The zero-order valence-electron chi connectivity index (χ0n) is 12.1. The van der Waals surface area contributed by atoms with Gasteiger partial charge in [0.15, 0.2) is 0 Å². The van der Waals surface area contributed by atoms with Crippen LogP contribution in [0.4, 0.5) is 0 Å². The number of hydrogen-bond acceptors (Lipinski definition) is 4. The molecule has 1 aliphatic heterocycles. The molecular weight excluding hydrogens is 278 g/mol. The zero-order valence-corrected chi connectivity index (χ0v) is 12.9. The van der Waals surface area contributed by atoms with Crippen molar-refractivity contribution in [3.63, 3.8) is 0 Å². The maximum Gasteiger partial charge on any atom is 0.243 e. The number of sulfonamides is 1. The average Bonchev–Trinajstić information content (AvgIpc) is 2.37. The van der Waals surface area contributed by atoms with Crippen molar-refractivity contribution in [2.24, 2.45) is 0 Å². The minimum Gasteiger partial charge on any atom is -0.494 e. The fourth-order valence-electron chi connectivity index (χ4n) is 2.25. The Hall–Kier alpha value is -1.11. The van der Waals surface area contributed by atoms with Crippen LogP contribution in [-0.4, -0.2) is 43.1 Å². The first-order chi connectivity index (χ1) is 9.32. The molecule has 1 aromatic rings. The Morgan fingerprint density at radius 3 is 2.50 bits per heavy atom. The monoisotopic (exact) mass is 299 g/mol. The van der Waals surface area contributed by atoms with E-state index in [1.165, 1.54) is 4.31 Å². The van der Waals surface area contributed by atoms with Gasteiger partial charge in [-0.15, -0.1) is 0 Å². The highest BCUT2D eigenvalue weighted by Crippen LogP contribution is 2.31. The van der Waals surface area contributed by atoms with Crippen molar-refractivity contribution in [1.29, 1.82) is 0 Å². The lowest BCUT2D eigenvalue weighted by Crippen LogP contribution is -2.62. The summed E-state index contributed by atoms with van der Waals surface area (Å²) in [4.78, 5) is 0.247. The van der Waals surface area contributed by atoms with Gasteiger partial charge < -0.3 is 9.84 Å². The van der Waals surface area contributed by atoms with Gasteiger partial charge in [0.25, 0.3) is 0 Å². The number of aliphatic hydroxyl groups is 1. The molecule has 0 saturated carbocycles. The lowest BCUT2D eigenvalue weighted by molar-refractivity contribution is -0.0613. The Balaban J connectivity index is 2.21. The summed E-state index contributed by atoms with van der Waals surface area (Å²) < 4.78 is 31.5. The lowest BCUT2D eigenvalue weighted by Gasteiger charge is -2.44. The van der Waals surface area contributed by atoms with Crippen molar-refractivity contribution in [3.05, 3.63) is 23.8 Å². The molecular formula is C14H21NO4S. The molecule has 0 bridgehead atoms. The van der Waals surface area contributed by atoms with E-state index in [0.29, 0.717) is 18.8 Å². The van der Waals surface area contributed by atoms with Crippen LogP contribution in [0.25, 0.3) is 0 Å². The molecule has 0 amide bonds. The van der Waals surface area contributed by atoms with E-state index in [1.807, 2.05) is 20.8 Å². The van der Waals surface area contributed by atoms with Gasteiger partial charge in [0, 0.05) is 13.1 Å². The minimum atomic E-state index is -3.52. The number of hydrogen-bond donors (Lipinski definition) is 1. The normalized spacial score (nSPS) is 18.6. The number of β-amino-alcohol motifs (C(OH)–C–C–N with tert-alkyl or cyclic N) is 1. The van der Waals surface area contributed by atoms with Gasteiger partial charge in [0.05, 0.1) is 17.1 Å². The van der Waals surface area contributed by atoms with Crippen LogP contribution in [0, 0.1) is 6.92 Å². The fraction of sp³-hybridized carbons (Fsp3) is 0.571. The zero-order chi connectivity index (χ0) is 15.0. The number of benzene rings is 1. The van der Waals surface area contributed by atoms with Gasteiger partial charge in [-0.25, -0.2) is 8.42 Å². The maximum atomic E-state index is 12.4. The van der Waals surface area contributed by atoms with Crippen molar-refractivity contribution in [1.82, 2.24) is 4.31 Å². The summed E-state index contributed by atoms with van der Waals surface area (Å²) >= 11 is 0. The molecule has 0 aliphatic carbocycles. The second kappa shape index (κ2) is 5.35. The lowest BCUT2D eigenvalue weighted by atomic mass is 9.94. The van der Waals surface area contributed by atoms with Crippen LogP contribution in [0.5, 0.6) is 5.75 Å². The standard InChI is InChI=1S/C14H21NO4S/c1-4-14(16)9-15(10-14)20(17,18)12-6-7-13(19-5-2)11(3)8-12/h6-8,16H,4-5,9-10H2,1-3H3. The molecule has 112 valence electrons. The van der Waals surface area contributed by atoms with E-state index in [0.717, 1.165) is 5.56 Å². The van der Waals surface area contributed by atoms with Crippen molar-refractivity contribution >= 4 is 10.0 Å². The summed E-state index contributed by atoms with van der Waals surface area (Å²) in [5.74, 6) is 0.695. The highest BCUT2D eigenvalue weighted by atomic mass is 32.2. The molecule has 1 aliphatic rings. The Bertz CT molecular complexity index is 591. The van der Waals surface area contributed by atoms with Crippen LogP contribution >= 0.6 is 0 Å². The predicted octanol–water partition coefficient (Wildman–Crippen LogP) is 1.54. The quantitative estimate of drug-likeness (QED) is 0.895. The third kappa shape index (κ3) is 2.68. The molecule has 2 rings (SSSR count). The fourth-order valence-corrected chi connectivity index (χ4v) is 3.94. The van der Waals surface area contributed by atoms with Crippen molar-refractivity contribution in [2.75, 3.05) is 19.7 Å². The summed E-state index contributed by atoms with van der Waals surface area (Å²) in [6.07, 6.45) is 0.557. The smallest absolute Gasteiger partial charge is 0.243 e. The van der Waals surface area contributed by atoms with Gasteiger partial charge in [-0.2, -0.15) is 4.31 Å². The summed E-state index contributed by atoms with van der Waals surface area (Å²) in [6.45, 7) is 6.43. The van der Waals surface area contributed by atoms with E-state index in [-0.39, 0.29) is 18.0 Å². The van der Waals surface area contributed by atoms with Gasteiger partial charge in [-0.05, 0) is 44.0 Å². The molecule has 20 heavy (non-hydrogen) atoms. The maximum absolute atomic E-state index is 12.4. The van der Waals surface area contributed by atoms with Gasteiger partial charge in [-0.3, -0.25) is 0 Å². The molecule has 1 saturated heterocycles. The first-order valence-electron chi connectivity index (χ1n) is 6.78. The average molecular weight is 299 g/mol. The number of aryl methyl sites for hydroxylation is 1. The van der Waals surface area contributed by atoms with E-state index in [9.17, 15) is 13.5 Å². The van der Waals surface area contributed by atoms with Crippen LogP contribution < -0.4 is 4.74 Å². The molecule has 1 aromatic carbocycles. The molecule has 0 atom stereocenters. The molecule has 5 nitrogen and oxygen atoms in total. The molecule has 1 fully saturated rings. The predicted molar refractivity (Wildman–Crippen MR) is 76.3 cm³/mol. The van der Waals surface area contributed by atoms with E-state index >= 15 is 0 Å². The third-order valence-electron chi connectivity index (χ3n) is 3.68.